The summed E-state index contributed by atoms with van der Waals surface area (Å²) in [6, 6.07) is 0. The number of rotatable bonds is 3. The number of nitrogens with zero attached hydrogens (tertiary/aromatic N) is 1. The summed E-state index contributed by atoms with van der Waals surface area (Å²) in [6.07, 6.45) is 2.34. The van der Waals surface area contributed by atoms with Crippen molar-refractivity contribution in [1.29, 1.82) is 0 Å². The van der Waals surface area contributed by atoms with Crippen molar-refractivity contribution in [2.75, 3.05) is 19.7 Å². The number of ether oxygens (including phenoxy) is 1. The molecule has 0 N–H and O–H groups in total. The van der Waals surface area contributed by atoms with E-state index in [9.17, 15) is 4.79 Å². The first kappa shape index (κ1) is 9.81. The summed E-state index contributed by atoms with van der Waals surface area (Å²) in [6.45, 7) is 4.02. The first-order valence-electron chi connectivity index (χ1n) is 4.30. The molecule has 1 heterocycles. The van der Waals surface area contributed by atoms with Crippen molar-refractivity contribution in [3.8, 4) is 0 Å². The average Bonchev–Trinajstić information content (AvgIpc) is 2.51. The molecule has 1 rings (SSSR count). The Kier molecular flexibility index (Phi) is 3.82. The second-order valence-electron chi connectivity index (χ2n) is 2.93. The molecule has 1 aliphatic rings. The lowest BCUT2D eigenvalue weighted by atomic mass is 10.2. The highest BCUT2D eigenvalue weighted by atomic mass is 35.5. The van der Waals surface area contributed by atoms with Gasteiger partial charge in [-0.05, 0) is 31.4 Å². The second-order valence-corrected chi connectivity index (χ2v) is 3.25. The summed E-state index contributed by atoms with van der Waals surface area (Å²) in [4.78, 5) is 12.4. The maximum Gasteiger partial charge on any atom is 0.316 e. The molecule has 0 aromatic heterocycles. The Balaban J connectivity index is 2.30. The van der Waals surface area contributed by atoms with Gasteiger partial charge in [0.1, 0.15) is 0 Å². The Morgan fingerprint density at radius 1 is 1.75 bits per heavy atom. The molecule has 0 aliphatic carbocycles. The van der Waals surface area contributed by atoms with Crippen LogP contribution < -0.4 is 0 Å². The molecular formula is C8H14ClNO2. The van der Waals surface area contributed by atoms with Crippen LogP contribution in [0.25, 0.3) is 0 Å². The molecule has 0 aromatic carbocycles. The third-order valence-electron chi connectivity index (χ3n) is 2.08. The van der Waals surface area contributed by atoms with E-state index < -0.39 is 0 Å². The van der Waals surface area contributed by atoms with Gasteiger partial charge >= 0.3 is 5.37 Å². The van der Waals surface area contributed by atoms with Crippen LogP contribution in [0.15, 0.2) is 0 Å². The van der Waals surface area contributed by atoms with Crippen molar-refractivity contribution in [3.63, 3.8) is 0 Å². The molecule has 1 aliphatic heterocycles. The molecular weight excluding hydrogens is 178 g/mol. The summed E-state index contributed by atoms with van der Waals surface area (Å²) in [5.74, 6) is 0. The topological polar surface area (TPSA) is 29.5 Å². The summed E-state index contributed by atoms with van der Waals surface area (Å²) in [5.41, 5.74) is 0. The van der Waals surface area contributed by atoms with Gasteiger partial charge in [0, 0.05) is 19.7 Å². The minimum absolute atomic E-state index is 0.202. The van der Waals surface area contributed by atoms with Gasteiger partial charge in [0.05, 0.1) is 6.10 Å². The lowest BCUT2D eigenvalue weighted by molar-refractivity contribution is 0.0865. The largest absolute Gasteiger partial charge is 0.376 e. The van der Waals surface area contributed by atoms with E-state index in [2.05, 4.69) is 0 Å². The number of carbonyl (C=O) groups is 1. The fraction of sp³-hybridized carbons (Fsp3) is 0.875. The molecule has 0 aromatic rings. The predicted octanol–water partition coefficient (Wildman–Crippen LogP) is 1.85. The smallest absolute Gasteiger partial charge is 0.316 e. The molecule has 0 radical (unpaired) electrons. The molecule has 1 unspecified atom stereocenters. The fourth-order valence-electron chi connectivity index (χ4n) is 1.36. The van der Waals surface area contributed by atoms with E-state index in [0.717, 1.165) is 19.4 Å². The number of likely N-dealkylation sites (N-methyl/N-ethyl adjacent to an activating group) is 1. The van der Waals surface area contributed by atoms with Gasteiger partial charge in [-0.2, -0.15) is 0 Å². The summed E-state index contributed by atoms with van der Waals surface area (Å²) < 4.78 is 5.38. The lowest BCUT2D eigenvalue weighted by Gasteiger charge is -2.20. The van der Waals surface area contributed by atoms with Crippen LogP contribution >= 0.6 is 11.6 Å². The Morgan fingerprint density at radius 3 is 2.92 bits per heavy atom. The van der Waals surface area contributed by atoms with E-state index in [0.29, 0.717) is 13.1 Å². The maximum atomic E-state index is 10.8. The maximum absolute atomic E-state index is 10.8. The Bertz CT molecular complexity index is 157. The number of halogens is 1. The van der Waals surface area contributed by atoms with Crippen LogP contribution in [0.5, 0.6) is 0 Å². The molecule has 1 fully saturated rings. The zero-order valence-electron chi connectivity index (χ0n) is 7.25. The highest BCUT2D eigenvalue weighted by molar-refractivity contribution is 6.62. The lowest BCUT2D eigenvalue weighted by Crippen LogP contribution is -2.33. The van der Waals surface area contributed by atoms with Crippen LogP contribution in [-0.2, 0) is 4.74 Å². The molecule has 0 spiro atoms. The molecule has 1 saturated heterocycles. The third-order valence-corrected chi connectivity index (χ3v) is 2.32. The van der Waals surface area contributed by atoms with Crippen LogP contribution in [0.3, 0.4) is 0 Å². The Hall–Kier alpha value is -0.280. The van der Waals surface area contributed by atoms with E-state index in [1.165, 1.54) is 0 Å². The van der Waals surface area contributed by atoms with Crippen LogP contribution in [-0.4, -0.2) is 36.1 Å². The zero-order valence-corrected chi connectivity index (χ0v) is 8.01. The van der Waals surface area contributed by atoms with Crippen molar-refractivity contribution in [2.45, 2.75) is 25.9 Å². The number of carbonyl (C=O) groups excluding carboxylic acids is 1. The number of hydrogen-bond acceptors (Lipinski definition) is 2. The van der Waals surface area contributed by atoms with Gasteiger partial charge in [0.2, 0.25) is 0 Å². The van der Waals surface area contributed by atoms with E-state index in [1.807, 2.05) is 6.92 Å². The van der Waals surface area contributed by atoms with Crippen LogP contribution in [0.1, 0.15) is 19.8 Å². The average molecular weight is 192 g/mol. The van der Waals surface area contributed by atoms with Crippen LogP contribution in [0.4, 0.5) is 4.79 Å². The molecule has 12 heavy (non-hydrogen) atoms. The Morgan fingerprint density at radius 2 is 2.50 bits per heavy atom. The minimum atomic E-state index is -0.381. The highest BCUT2D eigenvalue weighted by Gasteiger charge is 2.20. The van der Waals surface area contributed by atoms with Gasteiger partial charge < -0.3 is 9.64 Å². The first-order chi connectivity index (χ1) is 5.74. The quantitative estimate of drug-likeness (QED) is 0.503. The molecule has 0 bridgehead atoms. The molecule has 70 valence electrons. The standard InChI is InChI=1S/C8H14ClNO2/c1-2-10(8(9)11)6-7-4-3-5-12-7/h7H,2-6H2,1H3. The summed E-state index contributed by atoms with van der Waals surface area (Å²) in [7, 11) is 0. The van der Waals surface area contributed by atoms with Crippen molar-refractivity contribution in [1.82, 2.24) is 4.90 Å². The van der Waals surface area contributed by atoms with Gasteiger partial charge in [0.15, 0.2) is 0 Å². The van der Waals surface area contributed by atoms with Crippen molar-refractivity contribution in [3.05, 3.63) is 0 Å². The fourth-order valence-corrected chi connectivity index (χ4v) is 1.55. The van der Waals surface area contributed by atoms with Crippen LogP contribution in [0, 0.1) is 0 Å². The molecule has 3 nitrogen and oxygen atoms in total. The molecule has 0 saturated carbocycles. The first-order valence-corrected chi connectivity index (χ1v) is 4.68. The zero-order chi connectivity index (χ0) is 8.97. The van der Waals surface area contributed by atoms with E-state index >= 15 is 0 Å². The van der Waals surface area contributed by atoms with Crippen molar-refractivity contribution in [2.24, 2.45) is 0 Å². The molecule has 1 amide bonds. The van der Waals surface area contributed by atoms with Gasteiger partial charge in [-0.3, -0.25) is 4.79 Å². The van der Waals surface area contributed by atoms with Crippen molar-refractivity contribution >= 4 is 17.0 Å². The monoisotopic (exact) mass is 191 g/mol. The van der Waals surface area contributed by atoms with Crippen LogP contribution in [0.2, 0.25) is 0 Å². The second kappa shape index (κ2) is 4.67. The normalized spacial score (nSPS) is 22.7. The third kappa shape index (κ3) is 2.64. The molecule has 1 atom stereocenters. The number of amides is 1. The van der Waals surface area contributed by atoms with Gasteiger partial charge in [-0.1, -0.05) is 0 Å². The highest BCUT2D eigenvalue weighted by Crippen LogP contribution is 2.13. The summed E-state index contributed by atoms with van der Waals surface area (Å²) >= 11 is 5.35. The van der Waals surface area contributed by atoms with E-state index in [1.54, 1.807) is 4.90 Å². The molecule has 4 heteroatoms. The predicted molar refractivity (Wildman–Crippen MR) is 47.5 cm³/mol. The van der Waals surface area contributed by atoms with E-state index in [4.69, 9.17) is 16.3 Å². The van der Waals surface area contributed by atoms with Crippen molar-refractivity contribution < 1.29 is 9.53 Å². The SMILES string of the molecule is CCN(CC1CCCO1)C(=O)Cl. The van der Waals surface area contributed by atoms with Gasteiger partial charge in [-0.25, -0.2) is 0 Å². The van der Waals surface area contributed by atoms with Gasteiger partial charge in [-0.15, -0.1) is 0 Å². The van der Waals surface area contributed by atoms with Gasteiger partial charge in [0.25, 0.3) is 0 Å². The summed E-state index contributed by atoms with van der Waals surface area (Å²) in [5, 5.41) is -0.381. The Labute approximate surface area is 77.6 Å². The minimum Gasteiger partial charge on any atom is -0.376 e. The van der Waals surface area contributed by atoms with E-state index in [-0.39, 0.29) is 11.5 Å². The number of hydrogen-bond donors (Lipinski definition) is 0.